The summed E-state index contributed by atoms with van der Waals surface area (Å²) in [7, 11) is 2.16. The van der Waals surface area contributed by atoms with Crippen LogP contribution in [0.25, 0.3) is 11.4 Å². The molecule has 5 nitrogen and oxygen atoms in total. The first kappa shape index (κ1) is 15.8. The van der Waals surface area contributed by atoms with E-state index >= 15 is 0 Å². The number of hydrogen-bond donors (Lipinski definition) is 0. The number of likely N-dealkylation sites (N-methyl/N-ethyl adjacent to an activating group) is 1. The van der Waals surface area contributed by atoms with Gasteiger partial charge in [0.2, 0.25) is 11.7 Å². The van der Waals surface area contributed by atoms with Gasteiger partial charge in [0.25, 0.3) is 0 Å². The number of aromatic nitrogens is 2. The summed E-state index contributed by atoms with van der Waals surface area (Å²) in [5.74, 6) is 1.36. The van der Waals surface area contributed by atoms with Crippen molar-refractivity contribution in [3.63, 3.8) is 0 Å². The molecule has 3 aromatic rings. The van der Waals surface area contributed by atoms with Gasteiger partial charge in [0.1, 0.15) is 0 Å². The lowest BCUT2D eigenvalue weighted by atomic mass is 10.1. The Morgan fingerprint density at radius 1 is 1.00 bits per heavy atom. The molecule has 2 aromatic carbocycles. The number of hydrogen-bond acceptors (Lipinski definition) is 5. The fraction of sp³-hybridized carbons (Fsp3) is 0.300. The van der Waals surface area contributed by atoms with Crippen LogP contribution in [0.2, 0.25) is 0 Å². The van der Waals surface area contributed by atoms with E-state index in [0.29, 0.717) is 11.7 Å². The Morgan fingerprint density at radius 2 is 1.80 bits per heavy atom. The maximum Gasteiger partial charge on any atom is 0.228 e. The van der Waals surface area contributed by atoms with Crippen molar-refractivity contribution in [2.45, 2.75) is 13.0 Å². The summed E-state index contributed by atoms with van der Waals surface area (Å²) in [6.07, 6.45) is 0.770. The zero-order chi connectivity index (χ0) is 17.1. The lowest BCUT2D eigenvalue weighted by molar-refractivity contribution is 0.266. The van der Waals surface area contributed by atoms with Gasteiger partial charge in [-0.25, -0.2) is 0 Å². The van der Waals surface area contributed by atoms with E-state index in [4.69, 9.17) is 4.52 Å². The van der Waals surface area contributed by atoms with Gasteiger partial charge in [-0.05, 0) is 11.6 Å². The molecule has 128 valence electrons. The molecule has 0 unspecified atom stereocenters. The smallest absolute Gasteiger partial charge is 0.228 e. The summed E-state index contributed by atoms with van der Waals surface area (Å²) in [4.78, 5) is 9.31. The average molecular weight is 334 g/mol. The normalized spacial score (nSPS) is 15.0. The van der Waals surface area contributed by atoms with E-state index in [-0.39, 0.29) is 0 Å². The molecule has 0 spiro atoms. The van der Waals surface area contributed by atoms with Crippen LogP contribution >= 0.6 is 0 Å². The average Bonchev–Trinajstić information content (AvgIpc) is 3.07. The van der Waals surface area contributed by atoms with Gasteiger partial charge < -0.3 is 9.42 Å². The molecule has 1 aromatic heterocycles. The van der Waals surface area contributed by atoms with Crippen molar-refractivity contribution in [3.8, 4) is 11.4 Å². The molecule has 25 heavy (non-hydrogen) atoms. The molecule has 2 heterocycles. The summed E-state index contributed by atoms with van der Waals surface area (Å²) in [6, 6.07) is 18.6. The molecule has 0 aliphatic carbocycles. The van der Waals surface area contributed by atoms with E-state index in [9.17, 15) is 0 Å². The largest absolute Gasteiger partial charge is 0.373 e. The van der Waals surface area contributed by atoms with Crippen molar-refractivity contribution in [2.24, 2.45) is 0 Å². The minimum absolute atomic E-state index is 0.663. The fourth-order valence-electron chi connectivity index (χ4n) is 3.25. The highest BCUT2D eigenvalue weighted by Gasteiger charge is 2.18. The van der Waals surface area contributed by atoms with E-state index in [1.54, 1.807) is 0 Å². The Bertz CT molecular complexity index is 830. The highest BCUT2D eigenvalue weighted by molar-refractivity contribution is 5.54. The van der Waals surface area contributed by atoms with Crippen LogP contribution in [-0.4, -0.2) is 41.7 Å². The van der Waals surface area contributed by atoms with Crippen molar-refractivity contribution in [2.75, 3.05) is 31.6 Å². The molecule has 0 radical (unpaired) electrons. The standard InChI is InChI=1S/C20H22N4O/c1-23-13-14-24(15-17-9-5-6-10-18(17)23)12-11-19-21-20(22-25-19)16-7-3-2-4-8-16/h2-10H,11-15H2,1H3. The lowest BCUT2D eigenvalue weighted by Gasteiger charge is -2.19. The monoisotopic (exact) mass is 334 g/mol. The first-order chi connectivity index (χ1) is 12.3. The van der Waals surface area contributed by atoms with Gasteiger partial charge >= 0.3 is 0 Å². The number of rotatable bonds is 4. The Kier molecular flexibility index (Phi) is 4.48. The maximum absolute atomic E-state index is 5.43. The molecule has 0 N–H and O–H groups in total. The number of nitrogens with zero attached hydrogens (tertiary/aromatic N) is 4. The first-order valence-electron chi connectivity index (χ1n) is 8.69. The molecule has 0 atom stereocenters. The van der Waals surface area contributed by atoms with Crippen LogP contribution < -0.4 is 4.90 Å². The number of anilines is 1. The molecule has 0 amide bonds. The minimum Gasteiger partial charge on any atom is -0.373 e. The highest BCUT2D eigenvalue weighted by Crippen LogP contribution is 2.23. The van der Waals surface area contributed by atoms with Crippen molar-refractivity contribution in [1.82, 2.24) is 15.0 Å². The van der Waals surface area contributed by atoms with Crippen LogP contribution in [0, 0.1) is 0 Å². The lowest BCUT2D eigenvalue weighted by Crippen LogP contribution is -2.30. The Balaban J connectivity index is 1.41. The summed E-state index contributed by atoms with van der Waals surface area (Å²) in [5, 5.41) is 4.10. The topological polar surface area (TPSA) is 45.4 Å². The van der Waals surface area contributed by atoms with Gasteiger partial charge in [0.15, 0.2) is 0 Å². The minimum atomic E-state index is 0.663. The third-order valence-electron chi connectivity index (χ3n) is 4.69. The molecule has 1 aliphatic rings. The quantitative estimate of drug-likeness (QED) is 0.733. The molecule has 0 bridgehead atoms. The van der Waals surface area contributed by atoms with E-state index in [1.165, 1.54) is 11.3 Å². The van der Waals surface area contributed by atoms with Crippen LogP contribution in [0.3, 0.4) is 0 Å². The Labute approximate surface area is 147 Å². The fourth-order valence-corrected chi connectivity index (χ4v) is 3.25. The van der Waals surface area contributed by atoms with E-state index in [2.05, 4.69) is 51.3 Å². The third kappa shape index (κ3) is 3.56. The predicted octanol–water partition coefficient (Wildman–Crippen LogP) is 3.23. The summed E-state index contributed by atoms with van der Waals surface area (Å²) < 4.78 is 5.43. The third-order valence-corrected chi connectivity index (χ3v) is 4.69. The number of fused-ring (bicyclic) bond motifs is 1. The van der Waals surface area contributed by atoms with Crippen molar-refractivity contribution >= 4 is 5.69 Å². The Morgan fingerprint density at radius 3 is 2.68 bits per heavy atom. The van der Waals surface area contributed by atoms with Crippen molar-refractivity contribution in [1.29, 1.82) is 0 Å². The summed E-state index contributed by atoms with van der Waals surface area (Å²) in [5.41, 5.74) is 3.69. The van der Waals surface area contributed by atoms with Gasteiger partial charge in [-0.15, -0.1) is 0 Å². The summed E-state index contributed by atoms with van der Waals surface area (Å²) in [6.45, 7) is 3.93. The zero-order valence-electron chi connectivity index (χ0n) is 14.4. The first-order valence-corrected chi connectivity index (χ1v) is 8.69. The molecular weight excluding hydrogens is 312 g/mol. The molecule has 0 fully saturated rings. The number of para-hydroxylation sites is 1. The molecule has 1 aliphatic heterocycles. The van der Waals surface area contributed by atoms with Crippen LogP contribution in [0.4, 0.5) is 5.69 Å². The van der Waals surface area contributed by atoms with E-state index < -0.39 is 0 Å². The zero-order valence-corrected chi connectivity index (χ0v) is 14.4. The van der Waals surface area contributed by atoms with Crippen molar-refractivity contribution in [3.05, 3.63) is 66.1 Å². The van der Waals surface area contributed by atoms with Gasteiger partial charge in [-0.1, -0.05) is 53.7 Å². The second kappa shape index (κ2) is 7.07. The van der Waals surface area contributed by atoms with Gasteiger partial charge in [-0.3, -0.25) is 4.90 Å². The van der Waals surface area contributed by atoms with Crippen molar-refractivity contribution < 1.29 is 4.52 Å². The number of benzene rings is 2. The maximum atomic E-state index is 5.43. The molecule has 0 saturated carbocycles. The second-order valence-electron chi connectivity index (χ2n) is 6.45. The van der Waals surface area contributed by atoms with Gasteiger partial charge in [0.05, 0.1) is 0 Å². The van der Waals surface area contributed by atoms with Crippen LogP contribution in [0.5, 0.6) is 0 Å². The van der Waals surface area contributed by atoms with Gasteiger partial charge in [-0.2, -0.15) is 4.98 Å². The SMILES string of the molecule is CN1CCN(CCc2nc(-c3ccccc3)no2)Cc2ccccc21. The van der Waals surface area contributed by atoms with Crippen LogP contribution in [0.1, 0.15) is 11.5 Å². The van der Waals surface area contributed by atoms with Crippen LogP contribution in [0.15, 0.2) is 59.1 Å². The van der Waals surface area contributed by atoms with E-state index in [0.717, 1.165) is 38.2 Å². The summed E-state index contributed by atoms with van der Waals surface area (Å²) >= 11 is 0. The van der Waals surface area contributed by atoms with Crippen LogP contribution in [-0.2, 0) is 13.0 Å². The molecule has 5 heteroatoms. The molecule has 4 rings (SSSR count). The predicted molar refractivity (Wildman–Crippen MR) is 98.4 cm³/mol. The molecular formula is C20H22N4O. The Hall–Kier alpha value is -2.66. The van der Waals surface area contributed by atoms with Gasteiger partial charge in [0, 0.05) is 50.9 Å². The highest BCUT2D eigenvalue weighted by atomic mass is 16.5. The second-order valence-corrected chi connectivity index (χ2v) is 6.45. The molecule has 0 saturated heterocycles. The van der Waals surface area contributed by atoms with E-state index in [1.807, 2.05) is 30.3 Å².